The number of hydrogen-bond donors (Lipinski definition) is 3. The standard InChI is InChI=1S/C14H11F4N7O/c15-9-3-21-12(8-2-20-11-7(8)1-19-6-24-11)25-13(9)22-4-10(26)23-5-14(16,17)18/h1-3,6H,4-5H2,(H,23,26)(H,19,20,24)(H,21,22,25). The summed E-state index contributed by atoms with van der Waals surface area (Å²) in [5.74, 6) is -2.00. The van der Waals surface area contributed by atoms with E-state index in [1.165, 1.54) is 12.5 Å². The Morgan fingerprint density at radius 2 is 2.04 bits per heavy atom. The number of alkyl halides is 3. The highest BCUT2D eigenvalue weighted by Gasteiger charge is 2.27. The van der Waals surface area contributed by atoms with Gasteiger partial charge in [-0.15, -0.1) is 0 Å². The van der Waals surface area contributed by atoms with Crippen molar-refractivity contribution < 1.29 is 22.4 Å². The van der Waals surface area contributed by atoms with Gasteiger partial charge in [0, 0.05) is 23.3 Å². The van der Waals surface area contributed by atoms with Crippen molar-refractivity contribution in [2.24, 2.45) is 0 Å². The molecule has 136 valence electrons. The largest absolute Gasteiger partial charge is 0.405 e. The molecular weight excluding hydrogens is 358 g/mol. The van der Waals surface area contributed by atoms with E-state index in [1.807, 2.05) is 0 Å². The number of nitrogens with one attached hydrogen (secondary N) is 3. The predicted molar refractivity (Wildman–Crippen MR) is 82.4 cm³/mol. The topological polar surface area (TPSA) is 108 Å². The maximum absolute atomic E-state index is 13.8. The van der Waals surface area contributed by atoms with Crippen molar-refractivity contribution in [3.8, 4) is 11.4 Å². The van der Waals surface area contributed by atoms with Crippen molar-refractivity contribution in [2.75, 3.05) is 18.4 Å². The highest BCUT2D eigenvalue weighted by Crippen LogP contribution is 2.25. The zero-order valence-corrected chi connectivity index (χ0v) is 12.9. The Kier molecular flexibility index (Phi) is 4.65. The number of carbonyl (C=O) groups is 1. The van der Waals surface area contributed by atoms with Crippen molar-refractivity contribution in [2.45, 2.75) is 6.18 Å². The monoisotopic (exact) mass is 369 g/mol. The van der Waals surface area contributed by atoms with Crippen molar-refractivity contribution in [1.82, 2.24) is 30.2 Å². The van der Waals surface area contributed by atoms with Crippen LogP contribution in [0.15, 0.2) is 24.9 Å². The molecule has 0 saturated heterocycles. The molecule has 8 nitrogen and oxygen atoms in total. The second-order valence-electron chi connectivity index (χ2n) is 5.12. The minimum atomic E-state index is -4.53. The van der Waals surface area contributed by atoms with Crippen LogP contribution in [0, 0.1) is 5.82 Å². The summed E-state index contributed by atoms with van der Waals surface area (Å²) >= 11 is 0. The Labute approximate surface area is 143 Å². The van der Waals surface area contributed by atoms with Gasteiger partial charge in [0.05, 0.1) is 12.7 Å². The van der Waals surface area contributed by atoms with Gasteiger partial charge in [-0.2, -0.15) is 13.2 Å². The first-order chi connectivity index (χ1) is 12.3. The molecule has 1 amide bonds. The zero-order chi connectivity index (χ0) is 18.7. The van der Waals surface area contributed by atoms with Crippen molar-refractivity contribution in [3.63, 3.8) is 0 Å². The molecule has 3 aromatic heterocycles. The van der Waals surface area contributed by atoms with Gasteiger partial charge in [-0.3, -0.25) is 4.79 Å². The Morgan fingerprint density at radius 1 is 1.23 bits per heavy atom. The van der Waals surface area contributed by atoms with E-state index in [1.54, 1.807) is 11.5 Å². The third kappa shape index (κ3) is 4.02. The van der Waals surface area contributed by atoms with E-state index in [-0.39, 0.29) is 11.6 Å². The van der Waals surface area contributed by atoms with Crippen LogP contribution in [0.1, 0.15) is 0 Å². The summed E-state index contributed by atoms with van der Waals surface area (Å²) in [5.41, 5.74) is 1.04. The summed E-state index contributed by atoms with van der Waals surface area (Å²) in [6.45, 7) is -2.05. The lowest BCUT2D eigenvalue weighted by atomic mass is 10.2. The van der Waals surface area contributed by atoms with E-state index in [0.717, 1.165) is 6.20 Å². The molecule has 0 aliphatic heterocycles. The summed E-state index contributed by atoms with van der Waals surface area (Å²) in [4.78, 5) is 30.0. The molecule has 3 N–H and O–H groups in total. The molecule has 12 heteroatoms. The third-order valence-electron chi connectivity index (χ3n) is 3.24. The SMILES string of the molecule is O=C(CNc1nc(-c2c[nH]c3ncncc23)ncc1F)NCC(F)(F)F. The van der Waals surface area contributed by atoms with Crippen LogP contribution >= 0.6 is 0 Å². The van der Waals surface area contributed by atoms with Crippen molar-refractivity contribution in [1.29, 1.82) is 0 Å². The number of rotatable bonds is 5. The smallest absolute Gasteiger partial charge is 0.358 e. The van der Waals surface area contributed by atoms with Crippen molar-refractivity contribution >= 4 is 22.8 Å². The van der Waals surface area contributed by atoms with Crippen LogP contribution in [0.2, 0.25) is 0 Å². The maximum Gasteiger partial charge on any atom is 0.405 e. The molecule has 3 aromatic rings. The van der Waals surface area contributed by atoms with E-state index in [4.69, 9.17) is 0 Å². The van der Waals surface area contributed by atoms with Crippen LogP contribution in [-0.2, 0) is 4.79 Å². The normalized spacial score (nSPS) is 11.5. The first-order valence-electron chi connectivity index (χ1n) is 7.21. The number of aromatic amines is 1. The number of aromatic nitrogens is 5. The average Bonchev–Trinajstić information content (AvgIpc) is 3.03. The van der Waals surface area contributed by atoms with E-state index in [0.29, 0.717) is 16.6 Å². The van der Waals surface area contributed by atoms with Crippen LogP contribution in [0.4, 0.5) is 23.4 Å². The minimum Gasteiger partial charge on any atom is -0.358 e. The molecule has 0 aliphatic rings. The summed E-state index contributed by atoms with van der Waals surface area (Å²) < 4.78 is 50.0. The summed E-state index contributed by atoms with van der Waals surface area (Å²) in [6, 6.07) is 0. The molecule has 0 fully saturated rings. The molecule has 0 atom stereocenters. The molecule has 0 spiro atoms. The minimum absolute atomic E-state index is 0.130. The molecule has 0 bridgehead atoms. The van der Waals surface area contributed by atoms with E-state index in [9.17, 15) is 22.4 Å². The molecule has 0 aliphatic carbocycles. The van der Waals surface area contributed by atoms with Gasteiger partial charge < -0.3 is 15.6 Å². The second kappa shape index (κ2) is 6.90. The van der Waals surface area contributed by atoms with Gasteiger partial charge in [-0.25, -0.2) is 24.3 Å². The Morgan fingerprint density at radius 3 is 2.81 bits per heavy atom. The number of anilines is 1. The lowest BCUT2D eigenvalue weighted by Crippen LogP contribution is -2.37. The Hall–Kier alpha value is -3.31. The van der Waals surface area contributed by atoms with Crippen LogP contribution in [0.5, 0.6) is 0 Å². The van der Waals surface area contributed by atoms with Gasteiger partial charge in [0.15, 0.2) is 17.5 Å². The molecule has 0 unspecified atom stereocenters. The number of nitrogens with zero attached hydrogens (tertiary/aromatic N) is 4. The first kappa shape index (κ1) is 17.5. The fraction of sp³-hybridized carbons (Fsp3) is 0.214. The van der Waals surface area contributed by atoms with Gasteiger partial charge in [0.25, 0.3) is 0 Å². The van der Waals surface area contributed by atoms with Crippen LogP contribution in [0.25, 0.3) is 22.4 Å². The van der Waals surface area contributed by atoms with Gasteiger partial charge in [0.1, 0.15) is 18.5 Å². The van der Waals surface area contributed by atoms with E-state index in [2.05, 4.69) is 30.2 Å². The molecule has 0 radical (unpaired) electrons. The van der Waals surface area contributed by atoms with Gasteiger partial charge in [-0.1, -0.05) is 0 Å². The van der Waals surface area contributed by atoms with Crippen LogP contribution < -0.4 is 10.6 Å². The average molecular weight is 369 g/mol. The number of carbonyl (C=O) groups excluding carboxylic acids is 1. The molecule has 3 heterocycles. The van der Waals surface area contributed by atoms with Crippen molar-refractivity contribution in [3.05, 3.63) is 30.7 Å². The summed E-state index contributed by atoms with van der Waals surface area (Å²) in [6.07, 6.45) is 0.799. The number of fused-ring (bicyclic) bond motifs is 1. The number of amides is 1. The first-order valence-corrected chi connectivity index (χ1v) is 7.21. The van der Waals surface area contributed by atoms with E-state index < -0.39 is 31.0 Å². The Balaban J connectivity index is 1.75. The second-order valence-corrected chi connectivity index (χ2v) is 5.12. The summed E-state index contributed by atoms with van der Waals surface area (Å²) in [5, 5.41) is 4.62. The molecule has 0 saturated carbocycles. The lowest BCUT2D eigenvalue weighted by molar-refractivity contribution is -0.137. The highest BCUT2D eigenvalue weighted by atomic mass is 19.4. The predicted octanol–water partition coefficient (Wildman–Crippen LogP) is 1.64. The number of hydrogen-bond acceptors (Lipinski definition) is 6. The fourth-order valence-electron chi connectivity index (χ4n) is 2.09. The third-order valence-corrected chi connectivity index (χ3v) is 3.24. The zero-order valence-electron chi connectivity index (χ0n) is 12.9. The number of H-pyrrole nitrogens is 1. The molecular formula is C14H11F4N7O. The van der Waals surface area contributed by atoms with Crippen LogP contribution in [-0.4, -0.2) is 50.1 Å². The van der Waals surface area contributed by atoms with E-state index >= 15 is 0 Å². The highest BCUT2D eigenvalue weighted by molar-refractivity contribution is 5.91. The van der Waals surface area contributed by atoms with Gasteiger partial charge >= 0.3 is 6.18 Å². The molecule has 26 heavy (non-hydrogen) atoms. The quantitative estimate of drug-likeness (QED) is 0.590. The fourth-order valence-corrected chi connectivity index (χ4v) is 2.09. The van der Waals surface area contributed by atoms with Crippen LogP contribution in [0.3, 0.4) is 0 Å². The maximum atomic E-state index is 13.8. The van der Waals surface area contributed by atoms with Gasteiger partial charge in [-0.05, 0) is 0 Å². The Bertz CT molecular complexity index is 940. The van der Waals surface area contributed by atoms with Gasteiger partial charge in [0.2, 0.25) is 5.91 Å². The molecule has 3 rings (SSSR count). The molecule has 0 aromatic carbocycles. The lowest BCUT2D eigenvalue weighted by Gasteiger charge is -2.10. The summed E-state index contributed by atoms with van der Waals surface area (Å²) in [7, 11) is 0. The number of halogens is 4.